The van der Waals surface area contributed by atoms with E-state index in [1.807, 2.05) is 111 Å². The van der Waals surface area contributed by atoms with E-state index in [0.717, 1.165) is 163 Å². The van der Waals surface area contributed by atoms with Crippen molar-refractivity contribution >= 4 is 34.3 Å². The van der Waals surface area contributed by atoms with Crippen LogP contribution in [0.5, 0.6) is 0 Å². The molecule has 3 atom stereocenters. The largest absolute Gasteiger partial charge is 0.384 e. The zero-order chi connectivity index (χ0) is 62.7. The summed E-state index contributed by atoms with van der Waals surface area (Å²) in [6.07, 6.45) is 16.3. The predicted molar refractivity (Wildman–Crippen MR) is 350 cm³/mol. The molecule has 0 aromatic rings. The van der Waals surface area contributed by atoms with E-state index in [0.29, 0.717) is 0 Å². The summed E-state index contributed by atoms with van der Waals surface area (Å²) >= 11 is 0. The molecule has 0 saturated heterocycles. The Morgan fingerprint density at radius 3 is 0.702 bits per heavy atom. The fourth-order valence-corrected chi connectivity index (χ4v) is 9.91. The van der Waals surface area contributed by atoms with Gasteiger partial charge in [0.15, 0.2) is 0 Å². The molecular formula is C66H138Lu6N6O6. The van der Waals surface area contributed by atoms with E-state index in [2.05, 4.69) is 106 Å². The monoisotopic (exact) mass is 2160 g/mol. The first kappa shape index (κ1) is 116. The summed E-state index contributed by atoms with van der Waals surface area (Å²) in [6.45, 7) is 56.3. The van der Waals surface area contributed by atoms with E-state index in [1.54, 1.807) is 14.1 Å². The molecule has 18 heteroatoms. The second-order valence-electron chi connectivity index (χ2n) is 23.4. The van der Waals surface area contributed by atoms with Crippen LogP contribution in [0.3, 0.4) is 0 Å². The molecule has 0 aliphatic rings. The van der Waals surface area contributed by atoms with Gasteiger partial charge in [0.25, 0.3) is 0 Å². The maximum atomic E-state index is 10.5. The van der Waals surface area contributed by atoms with E-state index in [9.17, 15) is 30.6 Å². The molecule has 0 fully saturated rings. The van der Waals surface area contributed by atoms with Gasteiger partial charge >= 0.3 is 0 Å². The van der Waals surface area contributed by atoms with Crippen molar-refractivity contribution in [2.75, 3.05) is 27.2 Å². The number of hydrogen-bond acceptors (Lipinski definition) is 12. The van der Waals surface area contributed by atoms with Gasteiger partial charge in [0.2, 0.25) is 0 Å². The van der Waals surface area contributed by atoms with Gasteiger partial charge in [-0.3, -0.25) is 30.0 Å². The quantitative estimate of drug-likeness (QED) is 0.0374. The van der Waals surface area contributed by atoms with Gasteiger partial charge in [-0.25, -0.2) is 0 Å². The Labute approximate surface area is 697 Å². The predicted octanol–water partition coefficient (Wildman–Crippen LogP) is 16.4. The standard InChI is InChI=1S/2C12H25NO.2C11H23NO.2C10H21NO.6Lu/c1-7-8-12(14,9(2)3)11(6)13-10(4)5;1-6-8-12(14,9-7-2)11(5)13-10(3)4;1-6-8-11(13,9(3)4)10(5)12-7-2;1-5-8-11(13,9-6-2)10(4)12-7-3;1-6-7-10(12,8(2)3)9(4)11-5;1-5-7-10(12,8-6-2)9(3)11-4;;;;;;/h9-10,14H,7-8H2,1-6H3;10,14H,6-9H2,1-5H3;9,13H,6-8H2,1-5H3;13H,5-9H2,1-4H3;8,12H,6-7H2,1-5H3;12H,5-8H2,1-4H3;;;;;;. The number of aliphatic imine (C=N–C) groups is 6. The molecule has 0 rings (SSSR count). The number of nitrogens with zero attached hydrogens (tertiary/aromatic N) is 6. The van der Waals surface area contributed by atoms with Gasteiger partial charge in [-0.1, -0.05) is 162 Å². The molecule has 0 bridgehead atoms. The molecular weight excluding hydrogens is 2020 g/mol. The Morgan fingerprint density at radius 2 is 0.488 bits per heavy atom. The smallest absolute Gasteiger partial charge is 0.104 e. The van der Waals surface area contributed by atoms with E-state index in [1.165, 1.54) is 0 Å². The maximum Gasteiger partial charge on any atom is 0.104 e. The molecule has 558 valence electrons. The third-order valence-electron chi connectivity index (χ3n) is 15.0. The van der Waals surface area contributed by atoms with E-state index >= 15 is 0 Å². The maximum absolute atomic E-state index is 10.5. The molecule has 0 saturated carbocycles. The van der Waals surface area contributed by atoms with Crippen molar-refractivity contribution in [3.8, 4) is 0 Å². The van der Waals surface area contributed by atoms with Gasteiger partial charge < -0.3 is 30.6 Å². The third kappa shape index (κ3) is 50.5. The van der Waals surface area contributed by atoms with Gasteiger partial charge in [-0.15, -0.1) is 0 Å². The third-order valence-corrected chi connectivity index (χ3v) is 15.0. The average Bonchev–Trinajstić information content (AvgIpc) is 3.34. The molecule has 84 heavy (non-hydrogen) atoms. The van der Waals surface area contributed by atoms with Gasteiger partial charge in [0.05, 0.1) is 0 Å². The molecule has 6 radical (unpaired) electrons. The summed E-state index contributed by atoms with van der Waals surface area (Å²) in [6, 6.07) is 0.535. The Morgan fingerprint density at radius 1 is 0.286 bits per heavy atom. The van der Waals surface area contributed by atoms with E-state index < -0.39 is 33.6 Å². The van der Waals surface area contributed by atoms with Gasteiger partial charge in [-0.2, -0.15) is 0 Å². The van der Waals surface area contributed by atoms with Crippen molar-refractivity contribution in [3.05, 3.63) is 0 Å². The Kier molecular flexibility index (Phi) is 92.6. The summed E-state index contributed by atoms with van der Waals surface area (Å²) in [4.78, 5) is 25.6. The van der Waals surface area contributed by atoms with Crippen molar-refractivity contribution in [2.45, 2.75) is 348 Å². The van der Waals surface area contributed by atoms with Crippen molar-refractivity contribution in [1.82, 2.24) is 0 Å². The molecule has 0 aromatic carbocycles. The van der Waals surface area contributed by atoms with Crippen LogP contribution in [0.15, 0.2) is 30.0 Å². The first-order chi connectivity index (χ1) is 36.0. The molecule has 0 amide bonds. The number of hydrogen-bond donors (Lipinski definition) is 6. The van der Waals surface area contributed by atoms with Crippen molar-refractivity contribution in [1.29, 1.82) is 0 Å². The molecule has 0 aromatic heterocycles. The Bertz CT molecular complexity index is 1660. The van der Waals surface area contributed by atoms with Crippen LogP contribution in [-0.4, -0.2) is 138 Å². The molecule has 0 aliphatic heterocycles. The summed E-state index contributed by atoms with van der Waals surface area (Å²) in [5, 5.41) is 61.9. The van der Waals surface area contributed by atoms with E-state index in [-0.39, 0.29) is 251 Å². The SMILES string of the molecule is CCCC(O)(C(C)=NC(C)C)C(C)C.CCCC(O)(C(C)=NC)C(C)C.CCCC(O)(C(C)=NCC)C(C)C.CCCC(O)(CCC)C(C)=NC.CCCC(O)(CCC)C(C)=NC(C)C.CCCC(O)(CCC)C(C)=NCC.[Lu].[Lu].[Lu].[Lu].[Lu].[Lu]. The number of rotatable bonds is 31. The molecule has 3 unspecified atom stereocenters. The van der Waals surface area contributed by atoms with Crippen LogP contribution in [0.4, 0.5) is 0 Å². The van der Waals surface area contributed by atoms with Gasteiger partial charge in [0.1, 0.15) is 33.6 Å². The van der Waals surface area contributed by atoms with Crippen LogP contribution in [0, 0.1) is 239 Å². The zero-order valence-electron chi connectivity index (χ0n) is 58.9. The van der Waals surface area contributed by atoms with Crippen molar-refractivity contribution in [2.24, 2.45) is 47.7 Å². The topological polar surface area (TPSA) is 196 Å². The summed E-state index contributed by atoms with van der Waals surface area (Å²) in [5.74, 6) is 0.703. The van der Waals surface area contributed by atoms with Crippen molar-refractivity contribution in [3.63, 3.8) is 0 Å². The second-order valence-corrected chi connectivity index (χ2v) is 23.4. The summed E-state index contributed by atoms with van der Waals surface area (Å²) in [7, 11) is 3.48. The van der Waals surface area contributed by atoms with Crippen LogP contribution >= 0.6 is 0 Å². The Balaban J connectivity index is -0.0000000731. The first-order valence-electron chi connectivity index (χ1n) is 31.3. The van der Waals surface area contributed by atoms with Crippen molar-refractivity contribution < 1.29 is 252 Å². The zero-order valence-corrected chi connectivity index (χ0v) is 68.9. The summed E-state index contributed by atoms with van der Waals surface area (Å²) in [5.41, 5.74) is 1.25. The summed E-state index contributed by atoms with van der Waals surface area (Å²) < 4.78 is 0. The molecule has 0 heterocycles. The van der Waals surface area contributed by atoms with Crippen LogP contribution in [0.25, 0.3) is 0 Å². The minimum absolute atomic E-state index is 0. The normalized spacial score (nSPS) is 14.6. The fourth-order valence-electron chi connectivity index (χ4n) is 9.91. The average molecular weight is 2160 g/mol. The fraction of sp³-hybridized carbons (Fsp3) is 0.909. The van der Waals surface area contributed by atoms with Gasteiger partial charge in [0, 0.05) is 295 Å². The Hall–Kier alpha value is 5.18. The van der Waals surface area contributed by atoms with Crippen LogP contribution in [0.2, 0.25) is 0 Å². The van der Waals surface area contributed by atoms with Crippen LogP contribution < -0.4 is 0 Å². The molecule has 6 N–H and O–H groups in total. The second kappa shape index (κ2) is 66.8. The number of aliphatic hydroxyl groups is 6. The minimum atomic E-state index is -0.709. The van der Waals surface area contributed by atoms with Crippen LogP contribution in [0.1, 0.15) is 303 Å². The van der Waals surface area contributed by atoms with E-state index in [4.69, 9.17) is 0 Å². The molecule has 12 nitrogen and oxygen atoms in total. The van der Waals surface area contributed by atoms with Gasteiger partial charge in [-0.05, 0) is 159 Å². The minimum Gasteiger partial charge on any atom is -0.384 e. The first-order valence-corrected chi connectivity index (χ1v) is 31.3. The molecule has 0 spiro atoms. The molecule has 0 aliphatic carbocycles. The van der Waals surface area contributed by atoms with Crippen LogP contribution in [-0.2, 0) is 0 Å².